The maximum absolute atomic E-state index is 12.4. The highest BCUT2D eigenvalue weighted by atomic mass is 35.5. The van der Waals surface area contributed by atoms with E-state index in [9.17, 15) is 4.79 Å². The number of benzene rings is 2. The van der Waals surface area contributed by atoms with Crippen LogP contribution in [-0.2, 0) is 11.3 Å². The highest BCUT2D eigenvalue weighted by Crippen LogP contribution is 2.25. The number of amides is 1. The molecule has 0 unspecified atom stereocenters. The van der Waals surface area contributed by atoms with E-state index in [2.05, 4.69) is 9.88 Å². The van der Waals surface area contributed by atoms with Gasteiger partial charge in [-0.15, -0.1) is 0 Å². The Hall–Kier alpha value is -2.33. The van der Waals surface area contributed by atoms with Crippen molar-refractivity contribution < 1.29 is 4.79 Å². The van der Waals surface area contributed by atoms with E-state index in [4.69, 9.17) is 16.6 Å². The molecule has 0 fully saturated rings. The van der Waals surface area contributed by atoms with Gasteiger partial charge in [-0.2, -0.15) is 0 Å². The van der Waals surface area contributed by atoms with Crippen molar-refractivity contribution in [1.29, 1.82) is 0 Å². The van der Waals surface area contributed by atoms with Gasteiger partial charge in [-0.1, -0.05) is 62.7 Å². The van der Waals surface area contributed by atoms with Crippen LogP contribution in [0.15, 0.2) is 48.5 Å². The van der Waals surface area contributed by atoms with Gasteiger partial charge < -0.3 is 9.88 Å². The number of aromatic nitrogens is 2. The summed E-state index contributed by atoms with van der Waals surface area (Å²) in [4.78, 5) is 17.2. The van der Waals surface area contributed by atoms with Crippen molar-refractivity contribution in [2.45, 2.75) is 40.3 Å². The Bertz CT molecular complexity index is 940. The van der Waals surface area contributed by atoms with E-state index in [1.165, 1.54) is 0 Å². The molecule has 1 aromatic heterocycles. The second-order valence-electron chi connectivity index (χ2n) is 7.58. The lowest BCUT2D eigenvalue weighted by Crippen LogP contribution is -2.37. The lowest BCUT2D eigenvalue weighted by Gasteiger charge is -2.22. The van der Waals surface area contributed by atoms with Crippen LogP contribution in [0.5, 0.6) is 0 Å². The summed E-state index contributed by atoms with van der Waals surface area (Å²) >= 11 is 6.36. The summed E-state index contributed by atoms with van der Waals surface area (Å²) in [5.41, 5.74) is 2.51. The van der Waals surface area contributed by atoms with Crippen molar-refractivity contribution >= 4 is 28.5 Å². The van der Waals surface area contributed by atoms with Crippen LogP contribution in [0.4, 0.5) is 0 Å². The SMILES string of the molecule is C[C@@H](NC(=O)C(C)(C)C)c1nc2ccccc2n1Cc1ccccc1Cl. The number of para-hydroxylation sites is 2. The fraction of sp³-hybridized carbons (Fsp3) is 0.333. The summed E-state index contributed by atoms with van der Waals surface area (Å²) in [5.74, 6) is 0.824. The molecule has 3 aromatic rings. The minimum atomic E-state index is -0.451. The van der Waals surface area contributed by atoms with E-state index in [-0.39, 0.29) is 11.9 Å². The van der Waals surface area contributed by atoms with Gasteiger partial charge >= 0.3 is 0 Å². The minimum absolute atomic E-state index is 0.00125. The van der Waals surface area contributed by atoms with Gasteiger partial charge in [0.1, 0.15) is 5.82 Å². The number of nitrogens with zero attached hydrogens (tertiary/aromatic N) is 2. The number of imidazole rings is 1. The zero-order valence-electron chi connectivity index (χ0n) is 15.6. The summed E-state index contributed by atoms with van der Waals surface area (Å²) in [6.45, 7) is 8.28. The van der Waals surface area contributed by atoms with Crippen molar-refractivity contribution in [3.8, 4) is 0 Å². The maximum atomic E-state index is 12.4. The Morgan fingerprint density at radius 2 is 1.81 bits per heavy atom. The van der Waals surface area contributed by atoms with Crippen molar-refractivity contribution in [2.24, 2.45) is 5.41 Å². The van der Waals surface area contributed by atoms with E-state index in [0.29, 0.717) is 6.54 Å². The largest absolute Gasteiger partial charge is 0.346 e. The van der Waals surface area contributed by atoms with E-state index in [0.717, 1.165) is 27.4 Å². The second-order valence-corrected chi connectivity index (χ2v) is 7.99. The normalized spacial score (nSPS) is 13.0. The van der Waals surface area contributed by atoms with Gasteiger partial charge in [-0.05, 0) is 30.7 Å². The Kier molecular flexibility index (Phi) is 5.05. The van der Waals surface area contributed by atoms with Crippen LogP contribution >= 0.6 is 11.6 Å². The number of hydrogen-bond donors (Lipinski definition) is 1. The average Bonchev–Trinajstić information content (AvgIpc) is 2.95. The van der Waals surface area contributed by atoms with Gasteiger partial charge in [0, 0.05) is 10.4 Å². The molecule has 26 heavy (non-hydrogen) atoms. The zero-order valence-corrected chi connectivity index (χ0v) is 16.3. The van der Waals surface area contributed by atoms with Gasteiger partial charge in [0.15, 0.2) is 0 Å². The molecule has 1 amide bonds. The first-order valence-corrected chi connectivity index (χ1v) is 9.14. The fourth-order valence-electron chi connectivity index (χ4n) is 2.87. The molecule has 5 heteroatoms. The number of rotatable bonds is 4. The predicted octanol–water partition coefficient (Wildman–Crippen LogP) is 4.96. The smallest absolute Gasteiger partial charge is 0.225 e. The van der Waals surface area contributed by atoms with Gasteiger partial charge in [0.25, 0.3) is 0 Å². The molecule has 0 saturated heterocycles. The van der Waals surface area contributed by atoms with Crippen molar-refractivity contribution in [2.75, 3.05) is 0 Å². The van der Waals surface area contributed by atoms with E-state index >= 15 is 0 Å². The lowest BCUT2D eigenvalue weighted by atomic mass is 9.95. The Morgan fingerprint density at radius 3 is 2.50 bits per heavy atom. The standard InChI is InChI=1S/C21H24ClN3O/c1-14(23-20(26)21(2,3)4)19-24-17-11-7-8-12-18(17)25(19)13-15-9-5-6-10-16(15)22/h5-12,14H,13H2,1-4H3,(H,23,26)/t14-/m1/s1. The monoisotopic (exact) mass is 369 g/mol. The topological polar surface area (TPSA) is 46.9 Å². The molecule has 4 nitrogen and oxygen atoms in total. The number of carbonyl (C=O) groups is 1. The van der Waals surface area contributed by atoms with Crippen LogP contribution < -0.4 is 5.32 Å². The number of nitrogens with one attached hydrogen (secondary N) is 1. The third kappa shape index (κ3) is 3.75. The molecule has 0 spiro atoms. The van der Waals surface area contributed by atoms with E-state index in [1.54, 1.807) is 0 Å². The first-order chi connectivity index (χ1) is 12.3. The number of hydrogen-bond acceptors (Lipinski definition) is 2. The predicted molar refractivity (Wildman–Crippen MR) is 106 cm³/mol. The molecule has 2 aromatic carbocycles. The molecule has 1 atom stereocenters. The van der Waals surface area contributed by atoms with Gasteiger partial charge in [-0.25, -0.2) is 4.98 Å². The zero-order chi connectivity index (χ0) is 18.9. The minimum Gasteiger partial charge on any atom is -0.346 e. The summed E-state index contributed by atoms with van der Waals surface area (Å²) in [5, 5.41) is 3.81. The second kappa shape index (κ2) is 7.12. The third-order valence-corrected chi connectivity index (χ3v) is 4.76. The van der Waals surface area contributed by atoms with Crippen LogP contribution in [0.3, 0.4) is 0 Å². The highest BCUT2D eigenvalue weighted by Gasteiger charge is 2.25. The molecule has 0 aliphatic rings. The molecule has 1 heterocycles. The van der Waals surface area contributed by atoms with Crippen LogP contribution in [0, 0.1) is 5.41 Å². The van der Waals surface area contributed by atoms with Gasteiger partial charge in [0.2, 0.25) is 5.91 Å². The summed E-state index contributed by atoms with van der Waals surface area (Å²) in [6, 6.07) is 15.6. The molecule has 136 valence electrons. The Morgan fingerprint density at radius 1 is 1.15 bits per heavy atom. The third-order valence-electron chi connectivity index (χ3n) is 4.39. The molecular formula is C21H24ClN3O. The highest BCUT2D eigenvalue weighted by molar-refractivity contribution is 6.31. The number of carbonyl (C=O) groups excluding carboxylic acids is 1. The van der Waals surface area contributed by atoms with Gasteiger partial charge in [-0.3, -0.25) is 4.79 Å². The molecule has 0 aliphatic carbocycles. The summed E-state index contributed by atoms with van der Waals surface area (Å²) < 4.78 is 2.13. The average molecular weight is 370 g/mol. The summed E-state index contributed by atoms with van der Waals surface area (Å²) in [6.07, 6.45) is 0. The molecule has 0 bridgehead atoms. The Balaban J connectivity index is 2.02. The number of halogens is 1. The first kappa shape index (κ1) is 18.5. The lowest BCUT2D eigenvalue weighted by molar-refractivity contribution is -0.129. The molecule has 0 radical (unpaired) electrons. The molecule has 3 rings (SSSR count). The first-order valence-electron chi connectivity index (χ1n) is 8.77. The van der Waals surface area contributed by atoms with Crippen molar-refractivity contribution in [3.05, 3.63) is 64.9 Å². The quantitative estimate of drug-likeness (QED) is 0.706. The van der Waals surface area contributed by atoms with Crippen LogP contribution in [0.25, 0.3) is 11.0 Å². The van der Waals surface area contributed by atoms with Crippen molar-refractivity contribution in [1.82, 2.24) is 14.9 Å². The van der Waals surface area contributed by atoms with E-state index < -0.39 is 5.41 Å². The molecule has 1 N–H and O–H groups in total. The molecular weight excluding hydrogens is 346 g/mol. The van der Waals surface area contributed by atoms with Crippen molar-refractivity contribution in [3.63, 3.8) is 0 Å². The molecule has 0 saturated carbocycles. The molecule has 0 aliphatic heterocycles. The van der Waals surface area contributed by atoms with Crippen LogP contribution in [-0.4, -0.2) is 15.5 Å². The van der Waals surface area contributed by atoms with Gasteiger partial charge in [0.05, 0.1) is 23.6 Å². The Labute approximate surface area is 159 Å². The summed E-state index contributed by atoms with van der Waals surface area (Å²) in [7, 11) is 0. The maximum Gasteiger partial charge on any atom is 0.225 e. The van der Waals surface area contributed by atoms with Crippen LogP contribution in [0.1, 0.15) is 45.1 Å². The van der Waals surface area contributed by atoms with E-state index in [1.807, 2.05) is 76.2 Å². The number of fused-ring (bicyclic) bond motifs is 1. The van der Waals surface area contributed by atoms with Crippen LogP contribution in [0.2, 0.25) is 5.02 Å². The fourth-order valence-corrected chi connectivity index (χ4v) is 3.06.